The molecule has 4 rings (SSSR count). The van der Waals surface area contributed by atoms with Gasteiger partial charge in [-0.3, -0.25) is 9.59 Å². The van der Waals surface area contributed by atoms with Crippen molar-refractivity contribution in [3.8, 4) is 11.5 Å². The number of fused-ring (bicyclic) bond motifs is 1. The molecule has 2 atom stereocenters. The Morgan fingerprint density at radius 2 is 1.95 bits per heavy atom. The predicted molar refractivity (Wildman–Crippen MR) is 169 cm³/mol. The van der Waals surface area contributed by atoms with Gasteiger partial charge in [0, 0.05) is 16.5 Å². The Bertz CT molecular complexity index is 1700. The number of aromatic hydroxyl groups is 1. The minimum atomic E-state index is -1.33. The zero-order valence-corrected chi connectivity index (χ0v) is 25.3. The van der Waals surface area contributed by atoms with Gasteiger partial charge in [-0.15, -0.1) is 11.8 Å². The van der Waals surface area contributed by atoms with Crippen molar-refractivity contribution in [3.05, 3.63) is 110 Å². The van der Waals surface area contributed by atoms with Gasteiger partial charge in [0.2, 0.25) is 5.76 Å². The van der Waals surface area contributed by atoms with Gasteiger partial charge in [-0.1, -0.05) is 37.6 Å². The maximum absolute atomic E-state index is 12.3. The number of hydrogen-bond acceptors (Lipinski definition) is 9. The van der Waals surface area contributed by atoms with Crippen LogP contribution in [0.2, 0.25) is 0 Å². The molecule has 0 radical (unpaired) electrons. The van der Waals surface area contributed by atoms with Crippen molar-refractivity contribution in [1.82, 2.24) is 0 Å². The predicted octanol–water partition coefficient (Wildman–Crippen LogP) is 7.19. The number of ether oxygens (including phenoxy) is 1. The molecule has 0 amide bonds. The fraction of sp³-hybridized carbons (Fsp3) is 0.242. The zero-order chi connectivity index (χ0) is 30.9. The van der Waals surface area contributed by atoms with E-state index in [1.807, 2.05) is 48.1 Å². The van der Waals surface area contributed by atoms with Crippen LogP contribution in [-0.2, 0) is 6.42 Å². The number of phenolic OH excluding ortho intramolecular Hbond substituents is 1. The van der Waals surface area contributed by atoms with Crippen LogP contribution in [0.3, 0.4) is 0 Å². The molecular formula is C33H32O8S2. The third-order valence-electron chi connectivity index (χ3n) is 6.59. The number of allylic oxidation sites excluding steroid dienone is 2. The lowest BCUT2D eigenvalue weighted by molar-refractivity contribution is 0.0662. The number of thioether (sulfide) groups is 1. The van der Waals surface area contributed by atoms with Gasteiger partial charge in [0.1, 0.15) is 17.1 Å². The van der Waals surface area contributed by atoms with Crippen LogP contribution in [0.4, 0.5) is 0 Å². The van der Waals surface area contributed by atoms with E-state index in [1.165, 1.54) is 30.0 Å². The number of rotatable bonds is 14. The Morgan fingerprint density at radius 3 is 2.65 bits per heavy atom. The van der Waals surface area contributed by atoms with Gasteiger partial charge in [0.15, 0.2) is 11.2 Å². The number of phenols is 1. The molecule has 3 N–H and O–H groups in total. The highest BCUT2D eigenvalue weighted by Gasteiger charge is 2.21. The first-order chi connectivity index (χ1) is 20.7. The second kappa shape index (κ2) is 14.9. The number of carboxylic acids is 1. The van der Waals surface area contributed by atoms with Crippen LogP contribution in [-0.4, -0.2) is 38.9 Å². The molecule has 0 spiro atoms. The lowest BCUT2D eigenvalue weighted by Crippen LogP contribution is -2.12. The summed E-state index contributed by atoms with van der Waals surface area (Å²) in [6, 6.07) is 11.1. The fourth-order valence-corrected chi connectivity index (χ4v) is 6.21. The number of carboxylic acid groups (broad SMARTS) is 1. The number of thiophene rings is 1. The van der Waals surface area contributed by atoms with E-state index in [9.17, 15) is 29.7 Å². The molecule has 2 aromatic carbocycles. The SMILES string of the molecule is CCCc1c(OCC/C=C\C=C\C(Sc2ccc3c(=O)cc(C(=O)O)oc3c2)C(O)c2ccsc2)ccc(C(C)=O)c1O. The summed E-state index contributed by atoms with van der Waals surface area (Å²) in [5.74, 6) is -1.42. The van der Waals surface area contributed by atoms with Crippen LogP contribution in [0, 0.1) is 0 Å². The molecule has 2 unspecified atom stereocenters. The van der Waals surface area contributed by atoms with Gasteiger partial charge in [-0.05, 0) is 72.5 Å². The first-order valence-corrected chi connectivity index (χ1v) is 15.5. The molecule has 2 heterocycles. The van der Waals surface area contributed by atoms with Gasteiger partial charge in [-0.25, -0.2) is 4.79 Å². The Hall–Kier alpha value is -4.12. The first kappa shape index (κ1) is 31.8. The van der Waals surface area contributed by atoms with E-state index in [4.69, 9.17) is 9.15 Å². The molecule has 224 valence electrons. The quantitative estimate of drug-likeness (QED) is 0.0579. The number of ketones is 1. The minimum absolute atomic E-state index is 0.0195. The molecule has 0 aliphatic heterocycles. The molecule has 0 fully saturated rings. The summed E-state index contributed by atoms with van der Waals surface area (Å²) >= 11 is 2.84. The van der Waals surface area contributed by atoms with Crippen molar-refractivity contribution in [2.24, 2.45) is 0 Å². The number of aliphatic hydroxyl groups is 1. The van der Waals surface area contributed by atoms with Crippen molar-refractivity contribution in [3.63, 3.8) is 0 Å². The molecule has 0 saturated heterocycles. The lowest BCUT2D eigenvalue weighted by Gasteiger charge is -2.19. The monoisotopic (exact) mass is 620 g/mol. The molecular weight excluding hydrogens is 588 g/mol. The van der Waals surface area contributed by atoms with Crippen molar-refractivity contribution < 1.29 is 34.1 Å². The van der Waals surface area contributed by atoms with Gasteiger partial charge in [-0.2, -0.15) is 11.3 Å². The zero-order valence-electron chi connectivity index (χ0n) is 23.7. The largest absolute Gasteiger partial charge is 0.507 e. The number of Topliss-reactive ketones (excluding diaryl/α,β-unsaturated/α-hetero) is 1. The van der Waals surface area contributed by atoms with Gasteiger partial charge >= 0.3 is 5.97 Å². The molecule has 10 heteroatoms. The standard InChI is InChI=1S/C33H32O8S2/c1-3-8-25-27(13-12-23(20(2)34)32(25)37)40-15-7-5-4-6-9-30(31(36)21-14-16-42-19-21)43-22-10-11-24-26(35)18-29(33(38)39)41-28(24)17-22/h4-6,9-14,16-19,30-31,36-37H,3,7-8,15H2,1-2H3,(H,38,39)/b5-4-,9-6+. The summed E-state index contributed by atoms with van der Waals surface area (Å²) in [6.45, 7) is 3.78. The van der Waals surface area contributed by atoms with Crippen LogP contribution in [0.15, 0.2) is 91.6 Å². The third-order valence-corrected chi connectivity index (χ3v) is 8.50. The van der Waals surface area contributed by atoms with Crippen LogP contribution < -0.4 is 10.2 Å². The topological polar surface area (TPSA) is 134 Å². The van der Waals surface area contributed by atoms with E-state index in [2.05, 4.69) is 0 Å². The van der Waals surface area contributed by atoms with Crippen molar-refractivity contribution in [2.75, 3.05) is 6.61 Å². The van der Waals surface area contributed by atoms with E-state index in [-0.39, 0.29) is 28.1 Å². The van der Waals surface area contributed by atoms with E-state index >= 15 is 0 Å². The van der Waals surface area contributed by atoms with E-state index in [0.717, 1.165) is 18.1 Å². The maximum Gasteiger partial charge on any atom is 0.371 e. The second-order valence-corrected chi connectivity index (χ2v) is 11.7. The first-order valence-electron chi connectivity index (χ1n) is 13.7. The Labute approximate surface area is 257 Å². The van der Waals surface area contributed by atoms with Crippen LogP contribution >= 0.6 is 23.1 Å². The lowest BCUT2D eigenvalue weighted by atomic mass is 10.0. The highest BCUT2D eigenvalue weighted by atomic mass is 32.2. The molecule has 0 saturated carbocycles. The van der Waals surface area contributed by atoms with Crippen LogP contribution in [0.1, 0.15) is 64.8 Å². The number of carbonyl (C=O) groups excluding carboxylic acids is 1. The number of aliphatic hydroxyl groups excluding tert-OH is 1. The van der Waals surface area contributed by atoms with Crippen molar-refractivity contribution in [1.29, 1.82) is 0 Å². The highest BCUT2D eigenvalue weighted by Crippen LogP contribution is 2.36. The number of aromatic carboxylic acids is 1. The molecule has 8 nitrogen and oxygen atoms in total. The number of carbonyl (C=O) groups is 2. The molecule has 0 bridgehead atoms. The van der Waals surface area contributed by atoms with Crippen molar-refractivity contribution >= 4 is 45.8 Å². The summed E-state index contributed by atoms with van der Waals surface area (Å²) < 4.78 is 11.3. The second-order valence-electron chi connectivity index (χ2n) is 9.72. The van der Waals surface area contributed by atoms with E-state index < -0.39 is 28.5 Å². The van der Waals surface area contributed by atoms with E-state index in [0.29, 0.717) is 35.7 Å². The Balaban J connectivity index is 1.45. The van der Waals surface area contributed by atoms with Gasteiger partial charge in [0.25, 0.3) is 0 Å². The van der Waals surface area contributed by atoms with E-state index in [1.54, 1.807) is 30.3 Å². The Kier molecular flexibility index (Phi) is 11.0. The Morgan fingerprint density at radius 1 is 1.14 bits per heavy atom. The summed E-state index contributed by atoms with van der Waals surface area (Å²) in [5, 5.41) is 34.5. The summed E-state index contributed by atoms with van der Waals surface area (Å²) in [4.78, 5) is 36.1. The van der Waals surface area contributed by atoms with Crippen LogP contribution in [0.5, 0.6) is 11.5 Å². The van der Waals surface area contributed by atoms with Gasteiger partial charge in [0.05, 0.1) is 28.9 Å². The molecule has 0 aliphatic rings. The summed E-state index contributed by atoms with van der Waals surface area (Å²) in [7, 11) is 0. The van der Waals surface area contributed by atoms with Crippen LogP contribution in [0.25, 0.3) is 11.0 Å². The molecule has 2 aromatic heterocycles. The van der Waals surface area contributed by atoms with Crippen molar-refractivity contribution in [2.45, 2.75) is 49.4 Å². The third kappa shape index (κ3) is 8.04. The molecule has 43 heavy (non-hydrogen) atoms. The summed E-state index contributed by atoms with van der Waals surface area (Å²) in [6.07, 6.45) is 8.66. The average molecular weight is 621 g/mol. The molecule has 0 aliphatic carbocycles. The number of benzene rings is 2. The minimum Gasteiger partial charge on any atom is -0.507 e. The fourth-order valence-electron chi connectivity index (χ4n) is 4.43. The highest BCUT2D eigenvalue weighted by molar-refractivity contribution is 8.00. The summed E-state index contributed by atoms with van der Waals surface area (Å²) in [5.41, 5.74) is 1.41. The maximum atomic E-state index is 12.3. The smallest absolute Gasteiger partial charge is 0.371 e. The average Bonchev–Trinajstić information content (AvgIpc) is 3.52. The molecule has 4 aromatic rings. The normalized spacial score (nSPS) is 13.1. The number of hydrogen-bond donors (Lipinski definition) is 3. The van der Waals surface area contributed by atoms with Gasteiger partial charge < -0.3 is 24.5 Å².